The average molecular weight is 536 g/mol. The molecule has 0 bridgehead atoms. The molecule has 2 aliphatic rings. The standard InChI is InChI=1S/C27H30FN7O2S/c1-3-22-26(32(2)27-31-23(16-38-27)17-4-6-18(28)7-5-17)35-13-20(8-9-24(35)30-22)33-11-19(12-33)29-10-25(37)34-14-21(36)15-34/h4-9,13,16,19,21,29,36H,3,10-12,14-15H2,1-2H3. The second-order valence-corrected chi connectivity index (χ2v) is 10.7. The molecule has 2 aliphatic heterocycles. The summed E-state index contributed by atoms with van der Waals surface area (Å²) in [6.07, 6.45) is 2.52. The van der Waals surface area contributed by atoms with E-state index in [1.165, 1.54) is 12.1 Å². The molecule has 38 heavy (non-hydrogen) atoms. The number of carbonyl (C=O) groups excluding carboxylic acids is 1. The third-order valence-corrected chi connectivity index (χ3v) is 8.14. The number of aliphatic hydroxyl groups is 1. The number of rotatable bonds is 8. The molecule has 198 valence electrons. The molecule has 0 atom stereocenters. The Bertz CT molecular complexity index is 1460. The van der Waals surface area contributed by atoms with Crippen molar-refractivity contribution in [2.75, 3.05) is 49.6 Å². The molecule has 11 heteroatoms. The summed E-state index contributed by atoms with van der Waals surface area (Å²) in [6, 6.07) is 10.8. The van der Waals surface area contributed by atoms with Gasteiger partial charge >= 0.3 is 0 Å². The molecule has 0 unspecified atom stereocenters. The molecule has 0 radical (unpaired) electrons. The lowest BCUT2D eigenvalue weighted by atomic mass is 10.1. The first-order valence-electron chi connectivity index (χ1n) is 12.8. The van der Waals surface area contributed by atoms with Crippen LogP contribution in [0.1, 0.15) is 12.6 Å². The number of carbonyl (C=O) groups is 1. The van der Waals surface area contributed by atoms with Crippen molar-refractivity contribution in [3.05, 3.63) is 59.5 Å². The van der Waals surface area contributed by atoms with E-state index in [0.29, 0.717) is 19.6 Å². The number of aryl methyl sites for hydroxylation is 1. The molecule has 2 fully saturated rings. The van der Waals surface area contributed by atoms with Crippen LogP contribution in [0.15, 0.2) is 48.0 Å². The molecule has 2 N–H and O–H groups in total. The number of nitrogens with one attached hydrogen (secondary N) is 1. The Labute approximate surface area is 224 Å². The molecule has 1 aromatic carbocycles. The molecule has 4 aromatic rings. The minimum Gasteiger partial charge on any atom is -0.389 e. The summed E-state index contributed by atoms with van der Waals surface area (Å²) in [5.74, 6) is 0.751. The Morgan fingerprint density at radius 2 is 1.92 bits per heavy atom. The zero-order valence-electron chi connectivity index (χ0n) is 21.3. The maximum atomic E-state index is 13.4. The maximum Gasteiger partial charge on any atom is 0.236 e. The molecule has 0 aliphatic carbocycles. The molecule has 1 amide bonds. The molecule has 0 saturated carbocycles. The summed E-state index contributed by atoms with van der Waals surface area (Å²) >= 11 is 1.54. The Morgan fingerprint density at radius 1 is 1.16 bits per heavy atom. The highest BCUT2D eigenvalue weighted by Gasteiger charge is 2.31. The highest BCUT2D eigenvalue weighted by Crippen LogP contribution is 2.34. The zero-order valence-corrected chi connectivity index (χ0v) is 22.2. The average Bonchev–Trinajstić information content (AvgIpc) is 3.51. The number of hydrogen-bond acceptors (Lipinski definition) is 8. The summed E-state index contributed by atoms with van der Waals surface area (Å²) in [5, 5.41) is 15.5. The molecule has 2 saturated heterocycles. The Morgan fingerprint density at radius 3 is 2.63 bits per heavy atom. The lowest BCUT2D eigenvalue weighted by molar-refractivity contribution is -0.140. The van der Waals surface area contributed by atoms with E-state index in [2.05, 4.69) is 38.7 Å². The Hall–Kier alpha value is -3.54. The number of aliphatic hydroxyl groups excluding tert-OH is 1. The van der Waals surface area contributed by atoms with Gasteiger partial charge in [-0.25, -0.2) is 14.4 Å². The topological polar surface area (TPSA) is 89.2 Å². The van der Waals surface area contributed by atoms with Crippen LogP contribution in [0.4, 0.5) is 21.0 Å². The number of fused-ring (bicyclic) bond motifs is 1. The van der Waals surface area contributed by atoms with Crippen molar-refractivity contribution in [3.63, 3.8) is 0 Å². The van der Waals surface area contributed by atoms with E-state index in [4.69, 9.17) is 9.97 Å². The van der Waals surface area contributed by atoms with E-state index < -0.39 is 0 Å². The van der Waals surface area contributed by atoms with Crippen LogP contribution in [0.25, 0.3) is 16.9 Å². The van der Waals surface area contributed by atoms with Crippen molar-refractivity contribution in [1.29, 1.82) is 0 Å². The summed E-state index contributed by atoms with van der Waals surface area (Å²) < 4.78 is 15.5. The Balaban J connectivity index is 1.17. The SMILES string of the molecule is CCc1nc2ccc(N3CC(NCC(=O)N4CC(O)C4)C3)cn2c1N(C)c1nc(-c2ccc(F)cc2)cs1. The van der Waals surface area contributed by atoms with Crippen molar-refractivity contribution in [2.24, 2.45) is 0 Å². The molecule has 6 rings (SSSR count). The van der Waals surface area contributed by atoms with E-state index in [0.717, 1.165) is 58.7 Å². The molecule has 3 aromatic heterocycles. The van der Waals surface area contributed by atoms with Crippen molar-refractivity contribution in [3.8, 4) is 11.3 Å². The largest absolute Gasteiger partial charge is 0.389 e. The summed E-state index contributed by atoms with van der Waals surface area (Å²) in [6.45, 7) is 4.90. The van der Waals surface area contributed by atoms with Crippen molar-refractivity contribution < 1.29 is 14.3 Å². The summed E-state index contributed by atoms with van der Waals surface area (Å²) in [4.78, 5) is 27.9. The van der Waals surface area contributed by atoms with Gasteiger partial charge in [0.25, 0.3) is 0 Å². The number of β-amino-alcohol motifs (C(OH)–C–C–N with tert-alkyl or cyclic N) is 1. The second kappa shape index (κ2) is 9.97. The number of aromatic nitrogens is 3. The van der Waals surface area contributed by atoms with Gasteiger partial charge in [0.15, 0.2) is 5.13 Å². The van der Waals surface area contributed by atoms with Gasteiger partial charge in [-0.15, -0.1) is 11.3 Å². The quantitative estimate of drug-likeness (QED) is 0.359. The van der Waals surface area contributed by atoms with Crippen LogP contribution in [0.5, 0.6) is 0 Å². The fourth-order valence-electron chi connectivity index (χ4n) is 4.93. The lowest BCUT2D eigenvalue weighted by Crippen LogP contribution is -2.61. The van der Waals surface area contributed by atoms with E-state index in [9.17, 15) is 14.3 Å². The van der Waals surface area contributed by atoms with Gasteiger partial charge in [-0.3, -0.25) is 9.20 Å². The first-order valence-corrected chi connectivity index (χ1v) is 13.7. The molecule has 9 nitrogen and oxygen atoms in total. The number of likely N-dealkylation sites (tertiary alicyclic amines) is 1. The minimum absolute atomic E-state index is 0.0399. The minimum atomic E-state index is -0.374. The summed E-state index contributed by atoms with van der Waals surface area (Å²) in [5.41, 5.74) is 4.64. The van der Waals surface area contributed by atoms with E-state index in [1.54, 1.807) is 28.4 Å². The fourth-order valence-corrected chi connectivity index (χ4v) is 5.73. The zero-order chi connectivity index (χ0) is 26.4. The lowest BCUT2D eigenvalue weighted by Gasteiger charge is -2.42. The van der Waals surface area contributed by atoms with Crippen molar-refractivity contribution in [1.82, 2.24) is 24.6 Å². The molecular weight excluding hydrogens is 505 g/mol. The van der Waals surface area contributed by atoms with E-state index >= 15 is 0 Å². The maximum absolute atomic E-state index is 13.4. The van der Waals surface area contributed by atoms with Crippen LogP contribution in [0.3, 0.4) is 0 Å². The highest BCUT2D eigenvalue weighted by molar-refractivity contribution is 7.14. The van der Waals surface area contributed by atoms with Gasteiger partial charge in [-0.1, -0.05) is 6.92 Å². The first-order chi connectivity index (χ1) is 18.4. The second-order valence-electron chi connectivity index (χ2n) is 9.87. The van der Waals surface area contributed by atoms with Crippen LogP contribution >= 0.6 is 11.3 Å². The number of halogens is 1. The van der Waals surface area contributed by atoms with Gasteiger partial charge in [0.1, 0.15) is 17.3 Å². The number of nitrogens with zero attached hydrogens (tertiary/aromatic N) is 6. The number of hydrogen-bond donors (Lipinski definition) is 2. The number of thiazole rings is 1. The number of amides is 1. The van der Waals surface area contributed by atoms with Gasteiger partial charge < -0.3 is 25.1 Å². The van der Waals surface area contributed by atoms with Crippen molar-refractivity contribution in [2.45, 2.75) is 25.5 Å². The van der Waals surface area contributed by atoms with Crippen LogP contribution in [-0.2, 0) is 11.2 Å². The van der Waals surface area contributed by atoms with E-state index in [-0.39, 0.29) is 23.9 Å². The highest BCUT2D eigenvalue weighted by atomic mass is 32.1. The van der Waals surface area contributed by atoms with Gasteiger partial charge in [0, 0.05) is 56.4 Å². The fraction of sp³-hybridized carbons (Fsp3) is 0.370. The number of benzene rings is 1. The number of pyridine rings is 1. The normalized spacial score (nSPS) is 16.1. The van der Waals surface area contributed by atoms with Crippen LogP contribution in [-0.4, -0.2) is 82.2 Å². The third-order valence-electron chi connectivity index (χ3n) is 7.22. The molecular formula is C27H30FN7O2S. The first kappa shape index (κ1) is 24.8. The number of imidazole rings is 1. The predicted octanol–water partition coefficient (Wildman–Crippen LogP) is 2.91. The van der Waals surface area contributed by atoms with Gasteiger partial charge in [-0.2, -0.15) is 0 Å². The van der Waals surface area contributed by atoms with Gasteiger partial charge in [0.05, 0.1) is 29.7 Å². The molecule has 0 spiro atoms. The smallest absolute Gasteiger partial charge is 0.236 e. The van der Waals surface area contributed by atoms with Gasteiger partial charge in [-0.05, 0) is 42.8 Å². The van der Waals surface area contributed by atoms with Gasteiger partial charge in [0.2, 0.25) is 5.91 Å². The third kappa shape index (κ3) is 4.61. The monoisotopic (exact) mass is 535 g/mol. The van der Waals surface area contributed by atoms with Crippen molar-refractivity contribution >= 4 is 39.5 Å². The molecule has 5 heterocycles. The Kier molecular flexibility index (Phi) is 6.50. The van der Waals surface area contributed by atoms with Crippen LogP contribution in [0.2, 0.25) is 0 Å². The van der Waals surface area contributed by atoms with Crippen LogP contribution in [0, 0.1) is 5.82 Å². The predicted molar refractivity (Wildman–Crippen MR) is 147 cm³/mol. The summed E-state index contributed by atoms with van der Waals surface area (Å²) in [7, 11) is 2.00. The van der Waals surface area contributed by atoms with E-state index in [1.807, 2.05) is 18.5 Å². The number of anilines is 3. The van der Waals surface area contributed by atoms with Crippen LogP contribution < -0.4 is 15.1 Å².